The molecule has 0 radical (unpaired) electrons. The van der Waals surface area contributed by atoms with E-state index >= 15 is 0 Å². The van der Waals surface area contributed by atoms with Gasteiger partial charge in [-0.15, -0.1) is 0 Å². The van der Waals surface area contributed by atoms with E-state index in [0.717, 1.165) is 25.4 Å². The molecule has 2 fully saturated rings. The topological polar surface area (TPSA) is 55.6 Å². The summed E-state index contributed by atoms with van der Waals surface area (Å²) in [4.78, 5) is 14.1. The molecule has 2 rings (SSSR count). The maximum atomic E-state index is 11.6. The minimum atomic E-state index is -0.0711. The van der Waals surface area contributed by atoms with E-state index in [1.54, 1.807) is 0 Å². The molecule has 2 aliphatic rings. The van der Waals surface area contributed by atoms with Crippen LogP contribution in [0.15, 0.2) is 0 Å². The number of esters is 1. The van der Waals surface area contributed by atoms with Crippen molar-refractivity contribution in [1.82, 2.24) is 4.90 Å². The van der Waals surface area contributed by atoms with E-state index in [2.05, 4.69) is 11.8 Å². The lowest BCUT2D eigenvalue weighted by Gasteiger charge is -2.47. The number of hydrogen-bond donors (Lipinski definition) is 1. The predicted octanol–water partition coefficient (Wildman–Crippen LogP) is 1.39. The number of nitrogens with two attached hydrogens (primary N) is 1. The molecule has 1 saturated carbocycles. The highest BCUT2D eigenvalue weighted by molar-refractivity contribution is 5.69. The van der Waals surface area contributed by atoms with E-state index in [9.17, 15) is 4.79 Å². The highest BCUT2D eigenvalue weighted by Crippen LogP contribution is 2.34. The van der Waals surface area contributed by atoms with Crippen molar-refractivity contribution in [1.29, 1.82) is 0 Å². The molecule has 1 saturated heterocycles. The van der Waals surface area contributed by atoms with Crippen LogP contribution in [0.1, 0.15) is 39.5 Å². The molecule has 4 atom stereocenters. The number of nitrogens with zero attached hydrogens (tertiary/aromatic N) is 1. The Bertz CT molecular complexity index is 296. The van der Waals surface area contributed by atoms with Gasteiger partial charge in [0, 0.05) is 31.6 Å². The van der Waals surface area contributed by atoms with Crippen LogP contribution in [0.3, 0.4) is 0 Å². The van der Waals surface area contributed by atoms with Crippen LogP contribution in [0.2, 0.25) is 0 Å². The summed E-state index contributed by atoms with van der Waals surface area (Å²) >= 11 is 0. The first-order valence-corrected chi connectivity index (χ1v) is 7.25. The number of ether oxygens (including phenoxy) is 1. The fraction of sp³-hybridized carbons (Fsp3) is 0.929. The van der Waals surface area contributed by atoms with Gasteiger partial charge < -0.3 is 10.5 Å². The molecule has 0 aromatic rings. The highest BCUT2D eigenvalue weighted by Gasteiger charge is 2.37. The molecule has 0 aromatic heterocycles. The van der Waals surface area contributed by atoms with Crippen LogP contribution in [0.4, 0.5) is 0 Å². The zero-order valence-electron chi connectivity index (χ0n) is 11.6. The molecule has 0 bridgehead atoms. The van der Waals surface area contributed by atoms with Crippen molar-refractivity contribution >= 4 is 5.97 Å². The summed E-state index contributed by atoms with van der Waals surface area (Å²) in [6, 6.07) is 0.909. The second kappa shape index (κ2) is 6.02. The van der Waals surface area contributed by atoms with E-state index in [1.807, 2.05) is 6.92 Å². The van der Waals surface area contributed by atoms with Gasteiger partial charge in [-0.25, -0.2) is 0 Å². The fourth-order valence-electron chi connectivity index (χ4n) is 3.35. The summed E-state index contributed by atoms with van der Waals surface area (Å²) in [6.45, 7) is 6.65. The molecule has 2 N–H and O–H groups in total. The summed E-state index contributed by atoms with van der Waals surface area (Å²) in [5, 5.41) is 0. The maximum Gasteiger partial charge on any atom is 0.306 e. The number of likely N-dealkylation sites (tertiary alicyclic amines) is 1. The smallest absolute Gasteiger partial charge is 0.306 e. The van der Waals surface area contributed by atoms with E-state index in [0.29, 0.717) is 25.0 Å². The molecule has 0 amide bonds. The van der Waals surface area contributed by atoms with Crippen LogP contribution < -0.4 is 5.73 Å². The average molecular weight is 254 g/mol. The molecule has 4 heteroatoms. The van der Waals surface area contributed by atoms with Crippen molar-refractivity contribution < 1.29 is 9.53 Å². The molecule has 4 unspecified atom stereocenters. The first-order chi connectivity index (χ1) is 8.60. The van der Waals surface area contributed by atoms with Crippen LogP contribution in [0, 0.1) is 11.8 Å². The van der Waals surface area contributed by atoms with Crippen molar-refractivity contribution in [3.05, 3.63) is 0 Å². The molecule has 4 nitrogen and oxygen atoms in total. The van der Waals surface area contributed by atoms with Gasteiger partial charge in [0.05, 0.1) is 6.61 Å². The van der Waals surface area contributed by atoms with Crippen molar-refractivity contribution in [2.24, 2.45) is 17.6 Å². The molecule has 104 valence electrons. The number of piperidine rings is 1. The Morgan fingerprint density at radius 3 is 2.72 bits per heavy atom. The second-order valence-electron chi connectivity index (χ2n) is 5.95. The summed E-state index contributed by atoms with van der Waals surface area (Å²) < 4.78 is 5.04. The Morgan fingerprint density at radius 1 is 1.39 bits per heavy atom. The minimum Gasteiger partial charge on any atom is -0.466 e. The molecule has 1 aliphatic heterocycles. The quantitative estimate of drug-likeness (QED) is 0.770. The van der Waals surface area contributed by atoms with Crippen LogP contribution in [0.25, 0.3) is 0 Å². The van der Waals surface area contributed by atoms with Crippen LogP contribution in [0.5, 0.6) is 0 Å². The molecular weight excluding hydrogens is 228 g/mol. The van der Waals surface area contributed by atoms with Crippen molar-refractivity contribution in [3.8, 4) is 0 Å². The Labute approximate surface area is 110 Å². The van der Waals surface area contributed by atoms with E-state index in [4.69, 9.17) is 10.5 Å². The van der Waals surface area contributed by atoms with Crippen LogP contribution in [-0.4, -0.2) is 42.6 Å². The third-order valence-corrected chi connectivity index (χ3v) is 4.40. The average Bonchev–Trinajstić information content (AvgIpc) is 2.26. The number of hydrogen-bond acceptors (Lipinski definition) is 4. The van der Waals surface area contributed by atoms with Gasteiger partial charge in [0.25, 0.3) is 0 Å². The van der Waals surface area contributed by atoms with E-state index in [1.165, 1.54) is 12.8 Å². The normalized spacial score (nSPS) is 37.1. The third-order valence-electron chi connectivity index (χ3n) is 4.40. The number of carbonyl (C=O) groups excluding carboxylic acids is 1. The summed E-state index contributed by atoms with van der Waals surface area (Å²) in [7, 11) is 0. The lowest BCUT2D eigenvalue weighted by molar-refractivity contribution is -0.145. The van der Waals surface area contributed by atoms with Crippen molar-refractivity contribution in [3.63, 3.8) is 0 Å². The number of carbonyl (C=O) groups is 1. The van der Waals surface area contributed by atoms with Crippen molar-refractivity contribution in [2.75, 3.05) is 19.7 Å². The van der Waals surface area contributed by atoms with E-state index in [-0.39, 0.29) is 12.0 Å². The first kappa shape index (κ1) is 13.8. The Hall–Kier alpha value is -0.610. The second-order valence-corrected chi connectivity index (χ2v) is 5.95. The Balaban J connectivity index is 1.86. The number of rotatable bonds is 4. The van der Waals surface area contributed by atoms with Gasteiger partial charge in [0.1, 0.15) is 0 Å². The van der Waals surface area contributed by atoms with Gasteiger partial charge >= 0.3 is 5.97 Å². The lowest BCUT2D eigenvalue weighted by atomic mass is 9.78. The molecule has 1 aliphatic carbocycles. The predicted molar refractivity (Wildman–Crippen MR) is 71.1 cm³/mol. The largest absolute Gasteiger partial charge is 0.466 e. The van der Waals surface area contributed by atoms with Crippen LogP contribution in [-0.2, 0) is 9.53 Å². The first-order valence-electron chi connectivity index (χ1n) is 7.25. The molecule has 0 aromatic carbocycles. The maximum absolute atomic E-state index is 11.6. The fourth-order valence-corrected chi connectivity index (χ4v) is 3.35. The summed E-state index contributed by atoms with van der Waals surface area (Å²) in [5.41, 5.74) is 6.13. The van der Waals surface area contributed by atoms with Crippen molar-refractivity contribution in [2.45, 2.75) is 51.6 Å². The third kappa shape index (κ3) is 3.23. The van der Waals surface area contributed by atoms with Gasteiger partial charge in [-0.1, -0.05) is 6.92 Å². The Morgan fingerprint density at radius 2 is 2.17 bits per heavy atom. The van der Waals surface area contributed by atoms with Gasteiger partial charge in [-0.2, -0.15) is 0 Å². The van der Waals surface area contributed by atoms with Gasteiger partial charge in [-0.3, -0.25) is 9.69 Å². The van der Waals surface area contributed by atoms with Crippen LogP contribution >= 0.6 is 0 Å². The Kier molecular flexibility index (Phi) is 4.62. The van der Waals surface area contributed by atoms with E-state index < -0.39 is 0 Å². The molecule has 18 heavy (non-hydrogen) atoms. The highest BCUT2D eigenvalue weighted by atomic mass is 16.5. The van der Waals surface area contributed by atoms with Gasteiger partial charge in [0.15, 0.2) is 0 Å². The SMILES string of the molecule is CCOC(=O)CC1CC(N)CN(C2CCC2C)C1. The van der Waals surface area contributed by atoms with Gasteiger partial charge in [-0.05, 0) is 38.0 Å². The molecular formula is C14H26N2O2. The summed E-state index contributed by atoms with van der Waals surface area (Å²) in [6.07, 6.45) is 4.11. The monoisotopic (exact) mass is 254 g/mol. The standard InChI is InChI=1S/C14H26N2O2/c1-3-18-14(17)7-11-6-12(15)9-16(8-11)13-5-4-10(13)2/h10-13H,3-9,15H2,1-2H3. The zero-order valence-corrected chi connectivity index (χ0v) is 11.6. The molecule has 1 heterocycles. The zero-order chi connectivity index (χ0) is 13.1. The van der Waals surface area contributed by atoms with Gasteiger partial charge in [0.2, 0.25) is 0 Å². The minimum absolute atomic E-state index is 0.0711. The summed E-state index contributed by atoms with van der Waals surface area (Å²) in [5.74, 6) is 1.09. The lowest BCUT2D eigenvalue weighted by Crippen LogP contribution is -2.55. The molecule has 0 spiro atoms.